The minimum Gasteiger partial charge on any atom is -0.310 e. The van der Waals surface area contributed by atoms with Crippen LogP contribution in [-0.2, 0) is 6.42 Å². The third kappa shape index (κ3) is 4.54. The Bertz CT molecular complexity index is 524. The minimum atomic E-state index is 0.358. The normalized spacial score (nSPS) is 12.6. The summed E-state index contributed by atoms with van der Waals surface area (Å²) in [5, 5.41) is 6.95. The molecule has 1 N–H and O–H groups in total. The van der Waals surface area contributed by atoms with Gasteiger partial charge in [0.2, 0.25) is 0 Å². The molecule has 1 unspecified atom stereocenters. The van der Waals surface area contributed by atoms with Crippen molar-refractivity contribution in [3.63, 3.8) is 0 Å². The summed E-state index contributed by atoms with van der Waals surface area (Å²) in [7, 11) is 0. The molecule has 1 heterocycles. The van der Waals surface area contributed by atoms with Crippen molar-refractivity contribution in [2.75, 3.05) is 6.54 Å². The molecule has 0 bridgehead atoms. The summed E-state index contributed by atoms with van der Waals surface area (Å²) in [5.74, 6) is 0. The highest BCUT2D eigenvalue weighted by Crippen LogP contribution is 2.21. The van der Waals surface area contributed by atoms with E-state index in [0.717, 1.165) is 24.4 Å². The number of hydrogen-bond acceptors (Lipinski definition) is 3. The summed E-state index contributed by atoms with van der Waals surface area (Å²) >= 11 is 4.10. The Hall–Kier alpha value is -0.460. The first kappa shape index (κ1) is 14.9. The molecular formula is C15H19IN2S. The lowest BCUT2D eigenvalue weighted by Crippen LogP contribution is -2.24. The maximum atomic E-state index is 4.58. The lowest BCUT2D eigenvalue weighted by atomic mass is 10.0. The van der Waals surface area contributed by atoms with E-state index in [-0.39, 0.29) is 0 Å². The highest BCUT2D eigenvalue weighted by atomic mass is 127. The molecule has 0 saturated carbocycles. The SMILES string of the molecule is CCCNC(Cc1csc(C)n1)c1cccc(I)c1. The molecule has 0 radical (unpaired) electrons. The Kier molecular flexibility index (Phi) is 5.78. The van der Waals surface area contributed by atoms with Crippen molar-refractivity contribution < 1.29 is 0 Å². The number of halogens is 1. The fourth-order valence-corrected chi connectivity index (χ4v) is 3.25. The van der Waals surface area contributed by atoms with Crippen molar-refractivity contribution in [3.8, 4) is 0 Å². The molecule has 4 heteroatoms. The molecule has 0 spiro atoms. The lowest BCUT2D eigenvalue weighted by molar-refractivity contribution is 0.525. The Labute approximate surface area is 132 Å². The Morgan fingerprint density at radius 2 is 2.26 bits per heavy atom. The third-order valence-corrected chi connectivity index (χ3v) is 4.46. The van der Waals surface area contributed by atoms with E-state index >= 15 is 0 Å². The van der Waals surface area contributed by atoms with Gasteiger partial charge in [0.1, 0.15) is 0 Å². The van der Waals surface area contributed by atoms with Crippen LogP contribution in [0.15, 0.2) is 29.6 Å². The first-order valence-corrected chi connectivity index (χ1v) is 8.54. The number of aromatic nitrogens is 1. The van der Waals surface area contributed by atoms with E-state index < -0.39 is 0 Å². The number of thiazole rings is 1. The maximum Gasteiger partial charge on any atom is 0.0897 e. The smallest absolute Gasteiger partial charge is 0.0897 e. The second kappa shape index (κ2) is 7.36. The van der Waals surface area contributed by atoms with E-state index in [1.54, 1.807) is 11.3 Å². The predicted molar refractivity (Wildman–Crippen MR) is 90.7 cm³/mol. The third-order valence-electron chi connectivity index (χ3n) is 2.97. The summed E-state index contributed by atoms with van der Waals surface area (Å²) in [5.41, 5.74) is 2.54. The summed E-state index contributed by atoms with van der Waals surface area (Å²) in [6.45, 7) is 5.30. The molecule has 0 aliphatic carbocycles. The van der Waals surface area contributed by atoms with Crippen LogP contribution in [0.2, 0.25) is 0 Å². The van der Waals surface area contributed by atoms with E-state index in [0.29, 0.717) is 6.04 Å². The zero-order valence-corrected chi connectivity index (χ0v) is 14.3. The van der Waals surface area contributed by atoms with E-state index in [1.165, 1.54) is 14.8 Å². The van der Waals surface area contributed by atoms with Crippen LogP contribution in [0.25, 0.3) is 0 Å². The predicted octanol–water partition coefficient (Wildman–Crippen LogP) is 4.34. The topological polar surface area (TPSA) is 24.9 Å². The second-order valence-electron chi connectivity index (χ2n) is 4.62. The molecule has 102 valence electrons. The number of hydrogen-bond donors (Lipinski definition) is 1. The van der Waals surface area contributed by atoms with Gasteiger partial charge in [0.05, 0.1) is 10.7 Å². The highest BCUT2D eigenvalue weighted by molar-refractivity contribution is 14.1. The first-order valence-electron chi connectivity index (χ1n) is 6.59. The molecule has 0 fully saturated rings. The zero-order chi connectivity index (χ0) is 13.7. The summed E-state index contributed by atoms with van der Waals surface area (Å²) in [6.07, 6.45) is 2.11. The highest BCUT2D eigenvalue weighted by Gasteiger charge is 2.13. The quantitative estimate of drug-likeness (QED) is 0.748. The van der Waals surface area contributed by atoms with E-state index in [2.05, 4.69) is 76.4 Å². The van der Waals surface area contributed by atoms with Crippen molar-refractivity contribution >= 4 is 33.9 Å². The first-order chi connectivity index (χ1) is 9.19. The van der Waals surface area contributed by atoms with Crippen LogP contribution in [-0.4, -0.2) is 11.5 Å². The molecule has 2 rings (SSSR count). The van der Waals surface area contributed by atoms with Crippen molar-refractivity contribution in [1.29, 1.82) is 0 Å². The number of benzene rings is 1. The van der Waals surface area contributed by atoms with Gasteiger partial charge in [-0.2, -0.15) is 0 Å². The average molecular weight is 386 g/mol. The van der Waals surface area contributed by atoms with Gasteiger partial charge in [-0.3, -0.25) is 0 Å². The van der Waals surface area contributed by atoms with Crippen LogP contribution in [0.5, 0.6) is 0 Å². The van der Waals surface area contributed by atoms with Crippen molar-refractivity contribution in [3.05, 3.63) is 49.5 Å². The van der Waals surface area contributed by atoms with Gasteiger partial charge in [-0.1, -0.05) is 19.1 Å². The number of nitrogens with zero attached hydrogens (tertiary/aromatic N) is 1. The standard InChI is InChI=1S/C15H19IN2S/c1-3-7-17-15(9-14-10-19-11(2)18-14)12-5-4-6-13(16)8-12/h4-6,8,10,15,17H,3,7,9H2,1-2H3. The minimum absolute atomic E-state index is 0.358. The average Bonchev–Trinajstić information content (AvgIpc) is 2.80. The fourth-order valence-electron chi connectivity index (χ4n) is 2.06. The Morgan fingerprint density at radius 3 is 2.89 bits per heavy atom. The van der Waals surface area contributed by atoms with Crippen LogP contribution in [0, 0.1) is 10.5 Å². The van der Waals surface area contributed by atoms with Crippen LogP contribution in [0.4, 0.5) is 0 Å². The van der Waals surface area contributed by atoms with Gasteiger partial charge < -0.3 is 5.32 Å². The monoisotopic (exact) mass is 386 g/mol. The number of rotatable bonds is 6. The molecule has 1 aromatic carbocycles. The molecule has 0 saturated heterocycles. The molecule has 0 aliphatic heterocycles. The Balaban J connectivity index is 2.15. The zero-order valence-electron chi connectivity index (χ0n) is 11.3. The van der Waals surface area contributed by atoms with Crippen molar-refractivity contribution in [1.82, 2.24) is 10.3 Å². The van der Waals surface area contributed by atoms with Gasteiger partial charge in [0, 0.05) is 21.4 Å². The summed E-state index contributed by atoms with van der Waals surface area (Å²) < 4.78 is 1.29. The molecule has 19 heavy (non-hydrogen) atoms. The van der Waals surface area contributed by atoms with Crippen molar-refractivity contribution in [2.45, 2.75) is 32.7 Å². The van der Waals surface area contributed by atoms with E-state index in [9.17, 15) is 0 Å². The molecular weight excluding hydrogens is 367 g/mol. The molecule has 0 aliphatic rings. The summed E-state index contributed by atoms with van der Waals surface area (Å²) in [4.78, 5) is 4.58. The largest absolute Gasteiger partial charge is 0.310 e. The molecule has 2 nitrogen and oxygen atoms in total. The van der Waals surface area contributed by atoms with Crippen LogP contribution >= 0.6 is 33.9 Å². The van der Waals surface area contributed by atoms with Gasteiger partial charge >= 0.3 is 0 Å². The molecule has 0 amide bonds. The molecule has 2 aromatic rings. The van der Waals surface area contributed by atoms with Gasteiger partial charge in [0.15, 0.2) is 0 Å². The van der Waals surface area contributed by atoms with E-state index in [4.69, 9.17) is 0 Å². The van der Waals surface area contributed by atoms with Crippen LogP contribution in [0.1, 0.15) is 35.7 Å². The summed E-state index contributed by atoms with van der Waals surface area (Å²) in [6, 6.07) is 9.08. The van der Waals surface area contributed by atoms with Gasteiger partial charge in [-0.25, -0.2) is 4.98 Å². The molecule has 1 aromatic heterocycles. The molecule has 1 atom stereocenters. The number of nitrogens with one attached hydrogen (secondary N) is 1. The van der Waals surface area contributed by atoms with Gasteiger partial charge in [0.25, 0.3) is 0 Å². The Morgan fingerprint density at radius 1 is 1.42 bits per heavy atom. The van der Waals surface area contributed by atoms with Gasteiger partial charge in [-0.05, 0) is 60.2 Å². The lowest BCUT2D eigenvalue weighted by Gasteiger charge is -2.18. The number of aryl methyl sites for hydroxylation is 1. The maximum absolute atomic E-state index is 4.58. The van der Waals surface area contributed by atoms with Crippen LogP contribution < -0.4 is 5.32 Å². The van der Waals surface area contributed by atoms with E-state index in [1.807, 2.05) is 0 Å². The second-order valence-corrected chi connectivity index (χ2v) is 6.93. The fraction of sp³-hybridized carbons (Fsp3) is 0.400. The van der Waals surface area contributed by atoms with Crippen LogP contribution in [0.3, 0.4) is 0 Å². The van der Waals surface area contributed by atoms with Crippen molar-refractivity contribution in [2.24, 2.45) is 0 Å². The van der Waals surface area contributed by atoms with Gasteiger partial charge in [-0.15, -0.1) is 11.3 Å².